The maximum Gasteiger partial charge on any atom is 0.226 e. The zero-order valence-electron chi connectivity index (χ0n) is 9.74. The molecule has 1 rings (SSSR count). The van der Waals surface area contributed by atoms with Crippen molar-refractivity contribution in [3.8, 4) is 0 Å². The smallest absolute Gasteiger partial charge is 0.226 e. The predicted molar refractivity (Wildman–Crippen MR) is 65.9 cm³/mol. The Balaban J connectivity index is 2.35. The molecule has 4 heteroatoms. The lowest BCUT2D eigenvalue weighted by Crippen LogP contribution is -2.42. The largest absolute Gasteiger partial charge is 0.342 e. The molecule has 0 aromatic carbocycles. The second-order valence-corrected chi connectivity index (χ2v) is 5.27. The standard InChI is InChI=1S/C11H22N2OS/c1-9(8-15-2)11(14)13-5-3-10(7-12)4-6-13/h9-10H,3-8,12H2,1-2H3. The van der Waals surface area contributed by atoms with E-state index in [1.165, 1.54) is 0 Å². The van der Waals surface area contributed by atoms with Crippen LogP contribution in [0.2, 0.25) is 0 Å². The molecule has 1 atom stereocenters. The molecule has 0 spiro atoms. The van der Waals surface area contributed by atoms with Crippen molar-refractivity contribution in [2.45, 2.75) is 19.8 Å². The molecule has 0 aliphatic carbocycles. The fraction of sp³-hybridized carbons (Fsp3) is 0.909. The molecule has 3 nitrogen and oxygen atoms in total. The van der Waals surface area contributed by atoms with Gasteiger partial charge in [-0.3, -0.25) is 4.79 Å². The fourth-order valence-electron chi connectivity index (χ4n) is 2.02. The first-order chi connectivity index (χ1) is 7.19. The summed E-state index contributed by atoms with van der Waals surface area (Å²) in [5.74, 6) is 2.04. The summed E-state index contributed by atoms with van der Waals surface area (Å²) in [5.41, 5.74) is 5.63. The van der Waals surface area contributed by atoms with Gasteiger partial charge in [0.1, 0.15) is 0 Å². The number of hydrogen-bond donors (Lipinski definition) is 1. The Morgan fingerprint density at radius 1 is 1.53 bits per heavy atom. The first-order valence-corrected chi connectivity index (χ1v) is 7.06. The molecule has 0 radical (unpaired) electrons. The molecule has 0 saturated carbocycles. The van der Waals surface area contributed by atoms with Gasteiger partial charge in [0, 0.05) is 24.8 Å². The highest BCUT2D eigenvalue weighted by Crippen LogP contribution is 2.18. The van der Waals surface area contributed by atoms with Crippen molar-refractivity contribution in [2.75, 3.05) is 31.6 Å². The number of carbonyl (C=O) groups excluding carboxylic acids is 1. The molecule has 1 unspecified atom stereocenters. The third-order valence-electron chi connectivity index (χ3n) is 3.10. The summed E-state index contributed by atoms with van der Waals surface area (Å²) in [7, 11) is 0. The van der Waals surface area contributed by atoms with Gasteiger partial charge < -0.3 is 10.6 Å². The molecular weight excluding hydrogens is 208 g/mol. The number of piperidine rings is 1. The van der Waals surface area contributed by atoms with Gasteiger partial charge in [-0.25, -0.2) is 0 Å². The van der Waals surface area contributed by atoms with Crippen LogP contribution in [0, 0.1) is 11.8 Å². The highest BCUT2D eigenvalue weighted by Gasteiger charge is 2.24. The van der Waals surface area contributed by atoms with Crippen LogP contribution in [0.25, 0.3) is 0 Å². The van der Waals surface area contributed by atoms with E-state index in [0.29, 0.717) is 11.8 Å². The molecule has 1 saturated heterocycles. The van der Waals surface area contributed by atoms with Crippen LogP contribution >= 0.6 is 11.8 Å². The van der Waals surface area contributed by atoms with Crippen molar-refractivity contribution in [1.82, 2.24) is 4.90 Å². The number of thioether (sulfide) groups is 1. The molecule has 88 valence electrons. The van der Waals surface area contributed by atoms with Crippen molar-refractivity contribution in [3.63, 3.8) is 0 Å². The van der Waals surface area contributed by atoms with Crippen molar-refractivity contribution in [1.29, 1.82) is 0 Å². The van der Waals surface area contributed by atoms with E-state index < -0.39 is 0 Å². The van der Waals surface area contributed by atoms with Crippen molar-refractivity contribution >= 4 is 17.7 Å². The number of carbonyl (C=O) groups is 1. The van der Waals surface area contributed by atoms with Crippen LogP contribution in [-0.4, -0.2) is 42.4 Å². The van der Waals surface area contributed by atoms with Gasteiger partial charge in [0.15, 0.2) is 0 Å². The van der Waals surface area contributed by atoms with Crippen LogP contribution in [-0.2, 0) is 4.79 Å². The van der Waals surface area contributed by atoms with E-state index in [1.807, 2.05) is 18.1 Å². The molecule has 1 aliphatic rings. The van der Waals surface area contributed by atoms with E-state index in [-0.39, 0.29) is 5.92 Å². The molecule has 1 aliphatic heterocycles. The zero-order chi connectivity index (χ0) is 11.3. The zero-order valence-corrected chi connectivity index (χ0v) is 10.6. The SMILES string of the molecule is CSCC(C)C(=O)N1CCC(CN)CC1. The maximum absolute atomic E-state index is 12.0. The van der Waals surface area contributed by atoms with Crippen LogP contribution in [0.3, 0.4) is 0 Å². The fourth-order valence-corrected chi connectivity index (χ4v) is 2.66. The van der Waals surface area contributed by atoms with Gasteiger partial charge in [0.05, 0.1) is 0 Å². The van der Waals surface area contributed by atoms with Gasteiger partial charge >= 0.3 is 0 Å². The first kappa shape index (κ1) is 12.8. The first-order valence-electron chi connectivity index (χ1n) is 5.66. The highest BCUT2D eigenvalue weighted by molar-refractivity contribution is 7.98. The Bertz CT molecular complexity index is 203. The number of nitrogens with two attached hydrogens (primary N) is 1. The average molecular weight is 230 g/mol. The molecule has 1 fully saturated rings. The van der Waals surface area contributed by atoms with Crippen molar-refractivity contribution in [3.05, 3.63) is 0 Å². The van der Waals surface area contributed by atoms with E-state index in [1.54, 1.807) is 11.8 Å². The Morgan fingerprint density at radius 3 is 2.60 bits per heavy atom. The normalized spacial score (nSPS) is 20.3. The minimum Gasteiger partial charge on any atom is -0.342 e. The van der Waals surface area contributed by atoms with Crippen LogP contribution in [0.4, 0.5) is 0 Å². The third-order valence-corrected chi connectivity index (χ3v) is 3.93. The highest BCUT2D eigenvalue weighted by atomic mass is 32.2. The Morgan fingerprint density at radius 2 is 2.13 bits per heavy atom. The number of nitrogens with zero attached hydrogens (tertiary/aromatic N) is 1. The van der Waals surface area contributed by atoms with Crippen LogP contribution in [0.5, 0.6) is 0 Å². The second kappa shape index (κ2) is 6.38. The van der Waals surface area contributed by atoms with Crippen molar-refractivity contribution < 1.29 is 4.79 Å². The van der Waals surface area contributed by atoms with Crippen LogP contribution < -0.4 is 5.73 Å². The Labute approximate surface area is 96.8 Å². The average Bonchev–Trinajstić information content (AvgIpc) is 2.28. The van der Waals surface area contributed by atoms with E-state index in [4.69, 9.17) is 5.73 Å². The molecule has 0 aromatic rings. The quantitative estimate of drug-likeness (QED) is 0.789. The summed E-state index contributed by atoms with van der Waals surface area (Å²) in [6.45, 7) is 4.59. The Hall–Kier alpha value is -0.220. The summed E-state index contributed by atoms with van der Waals surface area (Å²) in [5, 5.41) is 0. The Kier molecular flexibility index (Phi) is 5.47. The summed E-state index contributed by atoms with van der Waals surface area (Å²) in [6, 6.07) is 0. The number of hydrogen-bond acceptors (Lipinski definition) is 3. The van der Waals surface area contributed by atoms with Gasteiger partial charge in [-0.1, -0.05) is 6.92 Å². The second-order valence-electron chi connectivity index (χ2n) is 4.36. The monoisotopic (exact) mass is 230 g/mol. The predicted octanol–water partition coefficient (Wildman–Crippen LogP) is 1.18. The molecule has 15 heavy (non-hydrogen) atoms. The van der Waals surface area contributed by atoms with E-state index in [0.717, 1.165) is 38.2 Å². The van der Waals surface area contributed by atoms with E-state index in [2.05, 4.69) is 0 Å². The van der Waals surface area contributed by atoms with Gasteiger partial charge in [0.2, 0.25) is 5.91 Å². The third kappa shape index (κ3) is 3.68. The summed E-state index contributed by atoms with van der Waals surface area (Å²) >= 11 is 1.74. The summed E-state index contributed by atoms with van der Waals surface area (Å²) in [6.07, 6.45) is 4.20. The lowest BCUT2D eigenvalue weighted by atomic mass is 9.96. The molecule has 0 aromatic heterocycles. The van der Waals surface area contributed by atoms with Crippen LogP contribution in [0.15, 0.2) is 0 Å². The minimum atomic E-state index is 0.162. The summed E-state index contributed by atoms with van der Waals surface area (Å²) in [4.78, 5) is 14.0. The van der Waals surface area contributed by atoms with Crippen molar-refractivity contribution in [2.24, 2.45) is 17.6 Å². The molecule has 2 N–H and O–H groups in total. The van der Waals surface area contributed by atoms with E-state index >= 15 is 0 Å². The number of rotatable bonds is 4. The summed E-state index contributed by atoms with van der Waals surface area (Å²) < 4.78 is 0. The number of amides is 1. The van der Waals surface area contributed by atoms with E-state index in [9.17, 15) is 4.79 Å². The molecule has 1 amide bonds. The van der Waals surface area contributed by atoms with Crippen LogP contribution in [0.1, 0.15) is 19.8 Å². The molecule has 0 bridgehead atoms. The lowest BCUT2D eigenvalue weighted by Gasteiger charge is -2.33. The topological polar surface area (TPSA) is 46.3 Å². The minimum absolute atomic E-state index is 0.162. The molecule has 1 heterocycles. The molecular formula is C11H22N2OS. The van der Waals surface area contributed by atoms with Gasteiger partial charge in [-0.15, -0.1) is 0 Å². The van der Waals surface area contributed by atoms with Gasteiger partial charge in [-0.2, -0.15) is 11.8 Å². The number of likely N-dealkylation sites (tertiary alicyclic amines) is 1. The maximum atomic E-state index is 12.0. The van der Waals surface area contributed by atoms with Gasteiger partial charge in [-0.05, 0) is 31.6 Å². The lowest BCUT2D eigenvalue weighted by molar-refractivity contribution is -0.135. The van der Waals surface area contributed by atoms with Gasteiger partial charge in [0.25, 0.3) is 0 Å².